The molecule has 1 unspecified atom stereocenters. The molecule has 0 fully saturated rings. The van der Waals surface area contributed by atoms with Crippen LogP contribution in [0.4, 0.5) is 0 Å². The molecule has 21 heavy (non-hydrogen) atoms. The fraction of sp³-hybridized carbons (Fsp3) is 0.125. The predicted octanol–water partition coefficient (Wildman–Crippen LogP) is 1.87. The zero-order chi connectivity index (χ0) is 15.1. The van der Waals surface area contributed by atoms with Gasteiger partial charge in [-0.25, -0.2) is 9.59 Å². The normalized spacial score (nSPS) is 11.5. The van der Waals surface area contributed by atoms with E-state index in [1.807, 2.05) is 0 Å². The summed E-state index contributed by atoms with van der Waals surface area (Å²) in [6, 6.07) is 16.8. The second-order valence-electron chi connectivity index (χ2n) is 4.21. The van der Waals surface area contributed by atoms with Crippen LogP contribution in [0.3, 0.4) is 0 Å². The van der Waals surface area contributed by atoms with Crippen molar-refractivity contribution in [2.45, 2.75) is 6.10 Å². The topological polar surface area (TPSA) is 72.8 Å². The van der Waals surface area contributed by atoms with E-state index in [0.717, 1.165) is 0 Å². The molecule has 5 heteroatoms. The fourth-order valence-electron chi connectivity index (χ4n) is 1.63. The van der Waals surface area contributed by atoms with Crippen LogP contribution in [0, 0.1) is 0 Å². The van der Waals surface area contributed by atoms with Crippen molar-refractivity contribution in [2.24, 2.45) is 0 Å². The number of rotatable bonds is 5. The molecule has 2 aromatic rings. The van der Waals surface area contributed by atoms with Gasteiger partial charge in [-0.1, -0.05) is 48.5 Å². The van der Waals surface area contributed by atoms with E-state index in [0.29, 0.717) is 11.3 Å². The smallest absolute Gasteiger partial charge is 0.349 e. The van der Waals surface area contributed by atoms with Crippen molar-refractivity contribution in [3.63, 3.8) is 0 Å². The van der Waals surface area contributed by atoms with Gasteiger partial charge in [0.25, 0.3) is 0 Å². The Labute approximate surface area is 121 Å². The molecule has 0 aliphatic rings. The Bertz CT molecular complexity index is 595. The Hall–Kier alpha value is -2.66. The highest BCUT2D eigenvalue weighted by atomic mass is 16.6. The Morgan fingerprint density at radius 2 is 1.52 bits per heavy atom. The van der Waals surface area contributed by atoms with E-state index in [9.17, 15) is 14.7 Å². The van der Waals surface area contributed by atoms with Gasteiger partial charge in [0.1, 0.15) is 5.75 Å². The van der Waals surface area contributed by atoms with Crippen molar-refractivity contribution < 1.29 is 24.2 Å². The lowest BCUT2D eigenvalue weighted by Gasteiger charge is -2.10. The molecule has 0 amide bonds. The van der Waals surface area contributed by atoms with E-state index in [4.69, 9.17) is 9.47 Å². The molecule has 0 saturated carbocycles. The monoisotopic (exact) mass is 286 g/mol. The van der Waals surface area contributed by atoms with Crippen LogP contribution in [-0.2, 0) is 14.3 Å². The number of ether oxygens (including phenoxy) is 2. The van der Waals surface area contributed by atoms with Crippen LogP contribution in [0.25, 0.3) is 0 Å². The van der Waals surface area contributed by atoms with Crippen LogP contribution >= 0.6 is 0 Å². The minimum Gasteiger partial charge on any atom is -0.451 e. The molecule has 2 rings (SSSR count). The van der Waals surface area contributed by atoms with Crippen LogP contribution in [0.1, 0.15) is 11.7 Å². The molecule has 0 aromatic heterocycles. The summed E-state index contributed by atoms with van der Waals surface area (Å²) in [6.45, 7) is -0.558. The maximum atomic E-state index is 11.6. The molecule has 0 spiro atoms. The first-order chi connectivity index (χ1) is 10.2. The summed E-state index contributed by atoms with van der Waals surface area (Å²) in [5.41, 5.74) is 0.402. The van der Waals surface area contributed by atoms with Gasteiger partial charge in [-0.15, -0.1) is 0 Å². The molecule has 5 nitrogen and oxygen atoms in total. The lowest BCUT2D eigenvalue weighted by Crippen LogP contribution is -2.22. The van der Waals surface area contributed by atoms with Crippen molar-refractivity contribution in [2.75, 3.05) is 6.61 Å². The number of carbonyl (C=O) groups excluding carboxylic acids is 2. The maximum absolute atomic E-state index is 11.6. The highest BCUT2D eigenvalue weighted by Gasteiger charge is 2.20. The summed E-state index contributed by atoms with van der Waals surface area (Å²) in [5, 5.41) is 9.77. The van der Waals surface area contributed by atoms with Crippen molar-refractivity contribution in [1.82, 2.24) is 0 Å². The molecule has 0 aliphatic heterocycles. The third kappa shape index (κ3) is 4.43. The Morgan fingerprint density at radius 3 is 2.14 bits per heavy atom. The molecule has 0 saturated heterocycles. The van der Waals surface area contributed by atoms with Crippen molar-refractivity contribution in [3.05, 3.63) is 66.2 Å². The molecule has 108 valence electrons. The van der Waals surface area contributed by atoms with Crippen LogP contribution in [0.2, 0.25) is 0 Å². The van der Waals surface area contributed by atoms with Gasteiger partial charge in [-0.3, -0.25) is 0 Å². The molecule has 2 aromatic carbocycles. The van der Waals surface area contributed by atoms with Gasteiger partial charge in [-0.05, 0) is 17.7 Å². The van der Waals surface area contributed by atoms with E-state index in [-0.39, 0.29) is 0 Å². The number of carbonyl (C=O) groups is 2. The summed E-state index contributed by atoms with van der Waals surface area (Å²) in [6.07, 6.45) is -1.42. The molecule has 0 bridgehead atoms. The first kappa shape index (κ1) is 14.7. The number of benzene rings is 2. The summed E-state index contributed by atoms with van der Waals surface area (Å²) in [4.78, 5) is 23.1. The summed E-state index contributed by atoms with van der Waals surface area (Å²) >= 11 is 0. The molecular weight excluding hydrogens is 272 g/mol. The summed E-state index contributed by atoms with van der Waals surface area (Å²) in [5.74, 6) is -1.25. The average molecular weight is 286 g/mol. The van der Waals surface area contributed by atoms with Gasteiger partial charge in [-0.2, -0.15) is 0 Å². The first-order valence-corrected chi connectivity index (χ1v) is 6.32. The van der Waals surface area contributed by atoms with Crippen molar-refractivity contribution in [1.29, 1.82) is 0 Å². The lowest BCUT2D eigenvalue weighted by atomic mass is 10.1. The summed E-state index contributed by atoms with van der Waals surface area (Å²) in [7, 11) is 0. The van der Waals surface area contributed by atoms with E-state index >= 15 is 0 Å². The molecular formula is C16H14O5. The second-order valence-corrected chi connectivity index (χ2v) is 4.21. The molecule has 1 atom stereocenters. The second kappa shape index (κ2) is 7.21. The minimum absolute atomic E-state index is 0.363. The van der Waals surface area contributed by atoms with Gasteiger partial charge in [0.15, 0.2) is 12.7 Å². The van der Waals surface area contributed by atoms with Crippen molar-refractivity contribution in [3.8, 4) is 5.75 Å². The largest absolute Gasteiger partial charge is 0.451 e. The van der Waals surface area contributed by atoms with Gasteiger partial charge < -0.3 is 14.6 Å². The quantitative estimate of drug-likeness (QED) is 0.671. The SMILES string of the molecule is O=C(COC(=O)C(O)c1ccccc1)Oc1ccccc1. The number of aliphatic hydroxyl groups excluding tert-OH is 1. The van der Waals surface area contributed by atoms with Crippen LogP contribution in [-0.4, -0.2) is 23.7 Å². The zero-order valence-corrected chi connectivity index (χ0v) is 11.1. The standard InChI is InChI=1S/C16H14O5/c17-14(21-13-9-5-2-6-10-13)11-20-16(19)15(18)12-7-3-1-4-8-12/h1-10,15,18H,11H2. The number of aliphatic hydroxyl groups is 1. The van der Waals surface area contributed by atoms with Gasteiger partial charge in [0, 0.05) is 0 Å². The zero-order valence-electron chi connectivity index (χ0n) is 11.1. The Morgan fingerprint density at radius 1 is 0.952 bits per heavy atom. The number of esters is 2. The van der Waals surface area contributed by atoms with E-state index in [1.165, 1.54) is 0 Å². The lowest BCUT2D eigenvalue weighted by molar-refractivity contribution is -0.160. The van der Waals surface area contributed by atoms with Gasteiger partial charge in [0.05, 0.1) is 0 Å². The first-order valence-electron chi connectivity index (χ1n) is 6.32. The predicted molar refractivity (Wildman–Crippen MR) is 74.4 cm³/mol. The Kier molecular flexibility index (Phi) is 5.06. The van der Waals surface area contributed by atoms with E-state index in [2.05, 4.69) is 0 Å². The number of para-hydroxylation sites is 1. The average Bonchev–Trinajstić information content (AvgIpc) is 2.53. The van der Waals surface area contributed by atoms with Crippen LogP contribution in [0.5, 0.6) is 5.75 Å². The van der Waals surface area contributed by atoms with Crippen LogP contribution < -0.4 is 4.74 Å². The van der Waals surface area contributed by atoms with E-state index < -0.39 is 24.6 Å². The molecule has 0 radical (unpaired) electrons. The molecule has 1 N–H and O–H groups in total. The third-order valence-corrected chi connectivity index (χ3v) is 2.65. The number of hydrogen-bond acceptors (Lipinski definition) is 5. The van der Waals surface area contributed by atoms with Crippen molar-refractivity contribution >= 4 is 11.9 Å². The number of hydrogen-bond donors (Lipinski definition) is 1. The Balaban J connectivity index is 1.82. The van der Waals surface area contributed by atoms with E-state index in [1.54, 1.807) is 60.7 Å². The highest BCUT2D eigenvalue weighted by Crippen LogP contribution is 2.14. The van der Waals surface area contributed by atoms with Gasteiger partial charge >= 0.3 is 11.9 Å². The third-order valence-electron chi connectivity index (χ3n) is 2.65. The maximum Gasteiger partial charge on any atom is 0.349 e. The molecule has 0 aliphatic carbocycles. The van der Waals surface area contributed by atoms with Crippen LogP contribution in [0.15, 0.2) is 60.7 Å². The van der Waals surface area contributed by atoms with Gasteiger partial charge in [0.2, 0.25) is 0 Å². The fourth-order valence-corrected chi connectivity index (χ4v) is 1.63. The minimum atomic E-state index is -1.42. The molecule has 0 heterocycles. The highest BCUT2D eigenvalue weighted by molar-refractivity contribution is 5.80. The summed E-state index contributed by atoms with van der Waals surface area (Å²) < 4.78 is 9.68.